The fourth-order valence-corrected chi connectivity index (χ4v) is 2.62. The monoisotopic (exact) mass is 261 g/mol. The maximum Gasteiger partial charge on any atom is 0.230 e. The minimum absolute atomic E-state index is 0.109. The molecule has 1 saturated carbocycles. The number of hydrogen-bond acceptors (Lipinski definition) is 2. The van der Waals surface area contributed by atoms with Crippen LogP contribution in [0.4, 0.5) is 0 Å². The second-order valence-electron chi connectivity index (χ2n) is 5.80. The van der Waals surface area contributed by atoms with Gasteiger partial charge in [-0.2, -0.15) is 0 Å². The van der Waals surface area contributed by atoms with E-state index in [4.69, 9.17) is 5.11 Å². The summed E-state index contributed by atoms with van der Waals surface area (Å²) in [6.45, 7) is 4.64. The summed E-state index contributed by atoms with van der Waals surface area (Å²) in [6, 6.07) is 8.26. The fraction of sp³-hybridized carbons (Fsp3) is 0.562. The molecule has 104 valence electrons. The lowest BCUT2D eigenvalue weighted by Gasteiger charge is -2.41. The van der Waals surface area contributed by atoms with Crippen LogP contribution in [0.15, 0.2) is 24.3 Å². The number of carbonyl (C=O) groups is 1. The molecule has 1 unspecified atom stereocenters. The van der Waals surface area contributed by atoms with Crippen LogP contribution in [0, 0.1) is 12.8 Å². The Balaban J connectivity index is 2.12. The Morgan fingerprint density at radius 3 is 2.74 bits per heavy atom. The number of aliphatic hydroxyl groups is 1. The van der Waals surface area contributed by atoms with Crippen molar-refractivity contribution in [3.8, 4) is 0 Å². The Morgan fingerprint density at radius 1 is 1.47 bits per heavy atom. The first-order chi connectivity index (χ1) is 9.08. The van der Waals surface area contributed by atoms with E-state index in [0.717, 1.165) is 24.8 Å². The zero-order valence-corrected chi connectivity index (χ0v) is 11.8. The van der Waals surface area contributed by atoms with Crippen LogP contribution in [0.2, 0.25) is 0 Å². The largest absolute Gasteiger partial charge is 0.396 e. The van der Waals surface area contributed by atoms with Gasteiger partial charge in [-0.3, -0.25) is 4.79 Å². The van der Waals surface area contributed by atoms with Gasteiger partial charge >= 0.3 is 0 Å². The molecule has 3 nitrogen and oxygen atoms in total. The molecule has 1 atom stereocenters. The molecule has 3 heteroatoms. The highest BCUT2D eigenvalue weighted by Gasteiger charge is 2.45. The maximum absolute atomic E-state index is 12.5. The highest BCUT2D eigenvalue weighted by molar-refractivity contribution is 5.89. The first kappa shape index (κ1) is 14.1. The van der Waals surface area contributed by atoms with Crippen LogP contribution in [0.3, 0.4) is 0 Å². The Kier molecular flexibility index (Phi) is 4.25. The molecule has 2 N–H and O–H groups in total. The van der Waals surface area contributed by atoms with Crippen LogP contribution >= 0.6 is 0 Å². The molecule has 1 aromatic carbocycles. The summed E-state index contributed by atoms with van der Waals surface area (Å²) >= 11 is 0. The summed E-state index contributed by atoms with van der Waals surface area (Å²) in [5.41, 5.74) is 1.99. The van der Waals surface area contributed by atoms with E-state index in [1.165, 1.54) is 5.56 Å². The lowest BCUT2D eigenvalue weighted by molar-refractivity contribution is -0.130. The van der Waals surface area contributed by atoms with Gasteiger partial charge in [0.15, 0.2) is 0 Å². The molecule has 0 radical (unpaired) electrons. The summed E-state index contributed by atoms with van der Waals surface area (Å²) in [4.78, 5) is 12.5. The maximum atomic E-state index is 12.5. The van der Waals surface area contributed by atoms with Crippen molar-refractivity contribution in [2.45, 2.75) is 38.5 Å². The smallest absolute Gasteiger partial charge is 0.230 e. The first-order valence-electron chi connectivity index (χ1n) is 7.05. The molecule has 0 spiro atoms. The summed E-state index contributed by atoms with van der Waals surface area (Å²) in [5.74, 6) is 0.225. The number of aliphatic hydroxyl groups excluding tert-OH is 1. The van der Waals surface area contributed by atoms with Gasteiger partial charge in [-0.1, -0.05) is 43.2 Å². The standard InChI is InChI=1S/C16H23NO2/c1-12-5-3-6-14(9-12)16(7-4-8-16)15(19)17-10-13(2)11-18/h3,5-6,9,13,18H,4,7-8,10-11H2,1-2H3,(H,17,19). The van der Waals surface area contributed by atoms with Crippen molar-refractivity contribution in [2.75, 3.05) is 13.2 Å². The van der Waals surface area contributed by atoms with Gasteiger partial charge in [0.1, 0.15) is 0 Å². The highest BCUT2D eigenvalue weighted by Crippen LogP contribution is 2.44. The SMILES string of the molecule is Cc1cccc(C2(C(=O)NCC(C)CO)CCC2)c1. The van der Waals surface area contributed by atoms with E-state index in [2.05, 4.69) is 30.4 Å². The minimum Gasteiger partial charge on any atom is -0.396 e. The van der Waals surface area contributed by atoms with Crippen LogP contribution in [0.5, 0.6) is 0 Å². The van der Waals surface area contributed by atoms with Gasteiger partial charge in [-0.25, -0.2) is 0 Å². The molecule has 0 saturated heterocycles. The number of nitrogens with one attached hydrogen (secondary N) is 1. The van der Waals surface area contributed by atoms with Crippen LogP contribution in [-0.2, 0) is 10.2 Å². The van der Waals surface area contributed by atoms with Crippen LogP contribution in [0.25, 0.3) is 0 Å². The van der Waals surface area contributed by atoms with Gasteiger partial charge in [0.25, 0.3) is 0 Å². The Hall–Kier alpha value is -1.35. The fourth-order valence-electron chi connectivity index (χ4n) is 2.62. The topological polar surface area (TPSA) is 49.3 Å². The van der Waals surface area contributed by atoms with Crippen molar-refractivity contribution >= 4 is 5.91 Å². The van der Waals surface area contributed by atoms with Crippen LogP contribution in [-0.4, -0.2) is 24.2 Å². The Morgan fingerprint density at radius 2 is 2.21 bits per heavy atom. The number of aryl methyl sites for hydroxylation is 1. The van der Waals surface area contributed by atoms with Gasteiger partial charge in [0.05, 0.1) is 5.41 Å². The Bertz CT molecular complexity index is 452. The summed E-state index contributed by atoms with van der Waals surface area (Å²) < 4.78 is 0. The molecule has 1 aromatic rings. The van der Waals surface area contributed by atoms with Crippen molar-refractivity contribution in [1.82, 2.24) is 5.32 Å². The molecule has 19 heavy (non-hydrogen) atoms. The van der Waals surface area contributed by atoms with Crippen LogP contribution < -0.4 is 5.32 Å². The molecule has 0 aliphatic heterocycles. The normalized spacial score (nSPS) is 18.5. The molecule has 1 aliphatic rings. The summed E-state index contributed by atoms with van der Waals surface area (Å²) in [7, 11) is 0. The van der Waals surface area contributed by atoms with E-state index in [-0.39, 0.29) is 23.8 Å². The molecule has 0 aromatic heterocycles. The van der Waals surface area contributed by atoms with E-state index in [9.17, 15) is 4.79 Å². The molecule has 1 fully saturated rings. The second kappa shape index (κ2) is 5.74. The minimum atomic E-state index is -0.332. The van der Waals surface area contributed by atoms with Crippen LogP contribution in [0.1, 0.15) is 37.3 Å². The van der Waals surface area contributed by atoms with Crippen molar-refractivity contribution in [1.29, 1.82) is 0 Å². The van der Waals surface area contributed by atoms with Gasteiger partial charge in [0, 0.05) is 13.2 Å². The average molecular weight is 261 g/mol. The van der Waals surface area contributed by atoms with Gasteiger partial charge in [0.2, 0.25) is 5.91 Å². The predicted molar refractivity (Wildman–Crippen MR) is 76.0 cm³/mol. The molecular formula is C16H23NO2. The number of benzene rings is 1. The lowest BCUT2D eigenvalue weighted by Crippen LogP contribution is -2.50. The molecule has 2 rings (SSSR count). The van der Waals surface area contributed by atoms with E-state index in [0.29, 0.717) is 6.54 Å². The third-order valence-corrected chi connectivity index (χ3v) is 4.14. The van der Waals surface area contributed by atoms with Crippen molar-refractivity contribution in [3.05, 3.63) is 35.4 Å². The molecule has 1 aliphatic carbocycles. The van der Waals surface area contributed by atoms with E-state index >= 15 is 0 Å². The average Bonchev–Trinajstić information content (AvgIpc) is 2.34. The predicted octanol–water partition coefficient (Wildman–Crippen LogP) is 2.16. The summed E-state index contributed by atoms with van der Waals surface area (Å²) in [5, 5.41) is 12.0. The Labute approximate surface area is 115 Å². The van der Waals surface area contributed by atoms with Crippen molar-refractivity contribution < 1.29 is 9.90 Å². The van der Waals surface area contributed by atoms with E-state index in [1.807, 2.05) is 13.0 Å². The van der Waals surface area contributed by atoms with E-state index < -0.39 is 0 Å². The summed E-state index contributed by atoms with van der Waals surface area (Å²) in [6.07, 6.45) is 2.96. The third-order valence-electron chi connectivity index (χ3n) is 4.14. The zero-order chi connectivity index (χ0) is 13.9. The van der Waals surface area contributed by atoms with Crippen molar-refractivity contribution in [3.63, 3.8) is 0 Å². The molecule has 0 heterocycles. The second-order valence-corrected chi connectivity index (χ2v) is 5.80. The molecular weight excluding hydrogens is 238 g/mol. The number of carbonyl (C=O) groups excluding carboxylic acids is 1. The van der Waals surface area contributed by atoms with Gasteiger partial charge in [-0.15, -0.1) is 0 Å². The molecule has 0 bridgehead atoms. The third kappa shape index (κ3) is 2.81. The van der Waals surface area contributed by atoms with Gasteiger partial charge in [-0.05, 0) is 31.2 Å². The highest BCUT2D eigenvalue weighted by atomic mass is 16.3. The molecule has 1 amide bonds. The van der Waals surface area contributed by atoms with Gasteiger partial charge < -0.3 is 10.4 Å². The zero-order valence-electron chi connectivity index (χ0n) is 11.8. The van der Waals surface area contributed by atoms with E-state index in [1.54, 1.807) is 0 Å². The number of rotatable bonds is 5. The lowest BCUT2D eigenvalue weighted by atomic mass is 9.63. The first-order valence-corrected chi connectivity index (χ1v) is 7.05. The number of hydrogen-bond donors (Lipinski definition) is 2. The van der Waals surface area contributed by atoms with Crippen molar-refractivity contribution in [2.24, 2.45) is 5.92 Å². The number of amides is 1. The quantitative estimate of drug-likeness (QED) is 0.853.